The predicted molar refractivity (Wildman–Crippen MR) is 69.7 cm³/mol. The van der Waals surface area contributed by atoms with E-state index >= 15 is 0 Å². The van der Waals surface area contributed by atoms with Crippen molar-refractivity contribution in [3.8, 4) is 0 Å². The number of nitrogens with one attached hydrogen (secondary N) is 1. The molecule has 1 saturated carbocycles. The molecular weight excluding hydrogens is 196 g/mol. The standard InChI is InChI=1S/C14H28N2/c1-4-9-15-13-6-10-16(12(2)11-13)14(3)7-5-8-14/h12-13,15H,4-11H2,1-3H3. The summed E-state index contributed by atoms with van der Waals surface area (Å²) in [5.74, 6) is 0. The molecular formula is C14H28N2. The van der Waals surface area contributed by atoms with Gasteiger partial charge in [0, 0.05) is 24.2 Å². The van der Waals surface area contributed by atoms with Crippen molar-refractivity contribution >= 4 is 0 Å². The summed E-state index contributed by atoms with van der Waals surface area (Å²) in [7, 11) is 0. The minimum atomic E-state index is 0.551. The molecule has 1 N–H and O–H groups in total. The van der Waals surface area contributed by atoms with E-state index in [1.165, 1.54) is 51.6 Å². The van der Waals surface area contributed by atoms with E-state index in [2.05, 4.69) is 31.0 Å². The average molecular weight is 224 g/mol. The van der Waals surface area contributed by atoms with Gasteiger partial charge in [0.05, 0.1) is 0 Å². The van der Waals surface area contributed by atoms with Crippen molar-refractivity contribution < 1.29 is 0 Å². The molecule has 0 aromatic carbocycles. The zero-order valence-electron chi connectivity index (χ0n) is 11.3. The number of likely N-dealkylation sites (tertiary alicyclic amines) is 1. The van der Waals surface area contributed by atoms with Gasteiger partial charge >= 0.3 is 0 Å². The molecule has 0 amide bonds. The Balaban J connectivity index is 1.83. The molecule has 2 fully saturated rings. The van der Waals surface area contributed by atoms with Crippen molar-refractivity contribution in [2.75, 3.05) is 13.1 Å². The molecule has 0 radical (unpaired) electrons. The molecule has 2 nitrogen and oxygen atoms in total. The van der Waals surface area contributed by atoms with Crippen molar-refractivity contribution in [2.24, 2.45) is 0 Å². The Bertz CT molecular complexity index is 223. The van der Waals surface area contributed by atoms with Crippen LogP contribution in [0.15, 0.2) is 0 Å². The average Bonchev–Trinajstić information content (AvgIpc) is 2.23. The lowest BCUT2D eigenvalue weighted by molar-refractivity contribution is -0.0233. The van der Waals surface area contributed by atoms with Crippen LogP contribution in [0, 0.1) is 0 Å². The van der Waals surface area contributed by atoms with Gasteiger partial charge in [-0.05, 0) is 58.9 Å². The van der Waals surface area contributed by atoms with Gasteiger partial charge in [0.2, 0.25) is 0 Å². The Morgan fingerprint density at radius 1 is 1.38 bits per heavy atom. The van der Waals surface area contributed by atoms with Gasteiger partial charge in [-0.15, -0.1) is 0 Å². The van der Waals surface area contributed by atoms with Crippen LogP contribution < -0.4 is 5.32 Å². The first-order valence-corrected chi connectivity index (χ1v) is 7.16. The van der Waals surface area contributed by atoms with E-state index < -0.39 is 0 Å². The molecule has 16 heavy (non-hydrogen) atoms. The number of nitrogens with zero attached hydrogens (tertiary/aromatic N) is 1. The fraction of sp³-hybridized carbons (Fsp3) is 1.00. The summed E-state index contributed by atoms with van der Waals surface area (Å²) in [5, 5.41) is 3.68. The SMILES string of the molecule is CCCNC1CCN(C2(C)CCC2)C(C)C1. The first-order valence-electron chi connectivity index (χ1n) is 7.16. The molecule has 2 aliphatic rings. The van der Waals surface area contributed by atoms with E-state index in [0.29, 0.717) is 5.54 Å². The number of rotatable bonds is 4. The van der Waals surface area contributed by atoms with Gasteiger partial charge in [-0.2, -0.15) is 0 Å². The van der Waals surface area contributed by atoms with Crippen LogP contribution >= 0.6 is 0 Å². The molecule has 0 aromatic heterocycles. The van der Waals surface area contributed by atoms with Crippen molar-refractivity contribution in [1.82, 2.24) is 10.2 Å². The van der Waals surface area contributed by atoms with E-state index in [-0.39, 0.29) is 0 Å². The Labute approximate surface area is 101 Å². The molecule has 1 heterocycles. The maximum absolute atomic E-state index is 3.68. The Kier molecular flexibility index (Phi) is 3.91. The molecule has 2 heteroatoms. The van der Waals surface area contributed by atoms with Crippen molar-refractivity contribution in [2.45, 2.75) is 76.9 Å². The summed E-state index contributed by atoms with van der Waals surface area (Å²) in [6.45, 7) is 9.63. The van der Waals surface area contributed by atoms with Gasteiger partial charge < -0.3 is 5.32 Å². The van der Waals surface area contributed by atoms with Gasteiger partial charge in [0.15, 0.2) is 0 Å². The van der Waals surface area contributed by atoms with Crippen LogP contribution in [0.2, 0.25) is 0 Å². The van der Waals surface area contributed by atoms with Gasteiger partial charge in [-0.25, -0.2) is 0 Å². The van der Waals surface area contributed by atoms with Crippen LogP contribution in [-0.2, 0) is 0 Å². The molecule has 0 aromatic rings. The molecule has 1 aliphatic carbocycles. The second-order valence-electron chi connectivity index (χ2n) is 6.07. The largest absolute Gasteiger partial charge is 0.314 e. The fourth-order valence-electron chi connectivity index (χ4n) is 3.48. The summed E-state index contributed by atoms with van der Waals surface area (Å²) in [5.41, 5.74) is 0.551. The highest BCUT2D eigenvalue weighted by Crippen LogP contribution is 2.40. The van der Waals surface area contributed by atoms with Crippen LogP contribution in [0.4, 0.5) is 0 Å². The Morgan fingerprint density at radius 3 is 2.62 bits per heavy atom. The highest BCUT2D eigenvalue weighted by molar-refractivity contribution is 4.98. The number of hydrogen-bond donors (Lipinski definition) is 1. The summed E-state index contributed by atoms with van der Waals surface area (Å²) in [6.07, 6.45) is 8.23. The third-order valence-corrected chi connectivity index (χ3v) is 4.68. The third kappa shape index (κ3) is 2.43. The maximum atomic E-state index is 3.68. The van der Waals surface area contributed by atoms with Crippen molar-refractivity contribution in [3.63, 3.8) is 0 Å². The van der Waals surface area contributed by atoms with Crippen LogP contribution in [0.25, 0.3) is 0 Å². The fourth-order valence-corrected chi connectivity index (χ4v) is 3.48. The Hall–Kier alpha value is -0.0800. The normalized spacial score (nSPS) is 34.7. The number of hydrogen-bond acceptors (Lipinski definition) is 2. The first kappa shape index (κ1) is 12.4. The van der Waals surface area contributed by atoms with Gasteiger partial charge in [0.25, 0.3) is 0 Å². The van der Waals surface area contributed by atoms with Crippen LogP contribution in [0.5, 0.6) is 0 Å². The molecule has 1 aliphatic heterocycles. The highest BCUT2D eigenvalue weighted by atomic mass is 15.2. The third-order valence-electron chi connectivity index (χ3n) is 4.68. The summed E-state index contributed by atoms with van der Waals surface area (Å²) in [6, 6.07) is 1.54. The summed E-state index contributed by atoms with van der Waals surface area (Å²) < 4.78 is 0. The van der Waals surface area contributed by atoms with Crippen LogP contribution in [0.3, 0.4) is 0 Å². The van der Waals surface area contributed by atoms with Crippen LogP contribution in [0.1, 0.15) is 59.3 Å². The molecule has 2 rings (SSSR count). The lowest BCUT2D eigenvalue weighted by Crippen LogP contribution is -2.59. The van der Waals surface area contributed by atoms with Gasteiger partial charge in [0.1, 0.15) is 0 Å². The topological polar surface area (TPSA) is 15.3 Å². The minimum absolute atomic E-state index is 0.551. The summed E-state index contributed by atoms with van der Waals surface area (Å²) in [4.78, 5) is 2.78. The molecule has 0 bridgehead atoms. The highest BCUT2D eigenvalue weighted by Gasteiger charge is 2.41. The smallest absolute Gasteiger partial charge is 0.0184 e. The van der Waals surface area contributed by atoms with Gasteiger partial charge in [-0.1, -0.05) is 6.92 Å². The maximum Gasteiger partial charge on any atom is 0.0184 e. The molecule has 2 unspecified atom stereocenters. The second kappa shape index (κ2) is 5.05. The monoisotopic (exact) mass is 224 g/mol. The zero-order valence-corrected chi connectivity index (χ0v) is 11.3. The van der Waals surface area contributed by atoms with E-state index in [1.54, 1.807) is 0 Å². The second-order valence-corrected chi connectivity index (χ2v) is 6.07. The first-order chi connectivity index (χ1) is 7.65. The predicted octanol–water partition coefficient (Wildman–Crippen LogP) is 2.78. The van der Waals surface area contributed by atoms with Crippen LogP contribution in [-0.4, -0.2) is 35.6 Å². The van der Waals surface area contributed by atoms with E-state index in [9.17, 15) is 0 Å². The lowest BCUT2D eigenvalue weighted by Gasteiger charge is -2.53. The molecule has 94 valence electrons. The quantitative estimate of drug-likeness (QED) is 0.790. The van der Waals surface area contributed by atoms with Crippen molar-refractivity contribution in [3.05, 3.63) is 0 Å². The number of piperidine rings is 1. The van der Waals surface area contributed by atoms with E-state index in [4.69, 9.17) is 0 Å². The Morgan fingerprint density at radius 2 is 2.12 bits per heavy atom. The zero-order chi connectivity index (χ0) is 11.6. The van der Waals surface area contributed by atoms with E-state index in [0.717, 1.165) is 12.1 Å². The lowest BCUT2D eigenvalue weighted by atomic mass is 9.75. The molecule has 0 spiro atoms. The van der Waals surface area contributed by atoms with E-state index in [1.807, 2.05) is 0 Å². The molecule has 1 saturated heterocycles. The molecule has 2 atom stereocenters. The van der Waals surface area contributed by atoms with Gasteiger partial charge in [-0.3, -0.25) is 4.90 Å². The van der Waals surface area contributed by atoms with Crippen molar-refractivity contribution in [1.29, 1.82) is 0 Å². The minimum Gasteiger partial charge on any atom is -0.314 e. The summed E-state index contributed by atoms with van der Waals surface area (Å²) >= 11 is 0.